The molecule has 10 heteroatoms. The van der Waals surface area contributed by atoms with Crippen LogP contribution in [0.2, 0.25) is 5.02 Å². The zero-order valence-corrected chi connectivity index (χ0v) is 16.0. The molecule has 6 nitrogen and oxygen atoms in total. The molecule has 118 valence electrons. The zero-order chi connectivity index (χ0) is 16.2. The molecule has 0 spiro atoms. The van der Waals surface area contributed by atoms with Crippen molar-refractivity contribution in [3.05, 3.63) is 17.2 Å². The Labute approximate surface area is 140 Å². The predicted molar refractivity (Wildman–Crippen MR) is 86.7 cm³/mol. The van der Waals surface area contributed by atoms with Crippen molar-refractivity contribution in [1.29, 1.82) is 0 Å². The van der Waals surface area contributed by atoms with Gasteiger partial charge in [0.25, 0.3) is 0 Å². The van der Waals surface area contributed by atoms with Crippen molar-refractivity contribution in [2.24, 2.45) is 0 Å². The van der Waals surface area contributed by atoms with Gasteiger partial charge in [-0.1, -0.05) is 0 Å². The summed E-state index contributed by atoms with van der Waals surface area (Å²) >= 11 is 11.2. The normalized spacial score (nSPS) is 13.1. The molecule has 1 aromatic carbocycles. The van der Waals surface area contributed by atoms with Gasteiger partial charge >= 0.3 is 115 Å². The third kappa shape index (κ3) is 5.49. The first-order chi connectivity index (χ1) is 9.65. The molecule has 0 radical (unpaired) electrons. The molecule has 0 bridgehead atoms. The van der Waals surface area contributed by atoms with Crippen molar-refractivity contribution in [3.8, 4) is 0 Å². The number of benzene rings is 1. The van der Waals surface area contributed by atoms with Crippen LogP contribution in [0.25, 0.3) is 11.0 Å². The van der Waals surface area contributed by atoms with Crippen LogP contribution in [0.4, 0.5) is 0 Å². The molecule has 0 aliphatic heterocycles. The zero-order valence-electron chi connectivity index (χ0n) is 12.0. The largest absolute Gasteiger partial charge is 0.312 e. The number of hydrogen-bond donors (Lipinski definition) is 1. The second-order valence-electron chi connectivity index (χ2n) is 4.59. The van der Waals surface area contributed by atoms with Crippen LogP contribution in [0.5, 0.6) is 0 Å². The summed E-state index contributed by atoms with van der Waals surface area (Å²) in [6, 6.07) is 2.90. The second-order valence-corrected chi connectivity index (χ2v) is 8.44. The van der Waals surface area contributed by atoms with Gasteiger partial charge in [-0.3, -0.25) is 0 Å². The van der Waals surface area contributed by atoms with Gasteiger partial charge in [0.1, 0.15) is 0 Å². The van der Waals surface area contributed by atoms with Gasteiger partial charge < -0.3 is 4.90 Å². The van der Waals surface area contributed by atoms with E-state index in [0.29, 0.717) is 16.1 Å². The standard InChI is InChI=1S/C8H7Cl2N3O2SSe.C3H9N/c1-4(9)11-16(14,15)6-3-2-5(10)7-8(6)13-17-12-7;1-4(2)3/h2-4,11H,1H3;1-3H3. The Balaban J connectivity index is 0.000000491. The molecule has 0 fully saturated rings. The number of rotatable bonds is 3. The summed E-state index contributed by atoms with van der Waals surface area (Å²) in [5.41, 5.74) is 0.0641. The van der Waals surface area contributed by atoms with Gasteiger partial charge in [0, 0.05) is 0 Å². The molecule has 1 unspecified atom stereocenters. The number of nitrogens with one attached hydrogen (secondary N) is 1. The van der Waals surface area contributed by atoms with Crippen molar-refractivity contribution in [1.82, 2.24) is 17.6 Å². The molecule has 2 aromatic rings. The van der Waals surface area contributed by atoms with Gasteiger partial charge in [-0.15, -0.1) is 0 Å². The summed E-state index contributed by atoms with van der Waals surface area (Å²) in [6.07, 6.45) is 0. The average Bonchev–Trinajstić information content (AvgIpc) is 2.75. The van der Waals surface area contributed by atoms with E-state index in [1.54, 1.807) is 0 Å². The minimum Gasteiger partial charge on any atom is -0.312 e. The molecular weight excluding hydrogens is 402 g/mol. The molecule has 0 saturated heterocycles. The van der Waals surface area contributed by atoms with Crippen molar-refractivity contribution in [2.75, 3.05) is 21.1 Å². The maximum atomic E-state index is 12.0. The van der Waals surface area contributed by atoms with Gasteiger partial charge in [-0.05, 0) is 21.1 Å². The number of sulfonamides is 1. The van der Waals surface area contributed by atoms with Crippen LogP contribution in [0, 0.1) is 0 Å². The Morgan fingerprint density at radius 3 is 2.29 bits per heavy atom. The van der Waals surface area contributed by atoms with Crippen LogP contribution >= 0.6 is 23.2 Å². The first kappa shape index (κ1) is 18.8. The van der Waals surface area contributed by atoms with Crippen molar-refractivity contribution in [3.63, 3.8) is 0 Å². The molecule has 1 heterocycles. The molecule has 21 heavy (non-hydrogen) atoms. The van der Waals surface area contributed by atoms with E-state index in [1.807, 2.05) is 26.0 Å². The van der Waals surface area contributed by atoms with E-state index in [4.69, 9.17) is 23.2 Å². The fourth-order valence-electron chi connectivity index (χ4n) is 1.31. The summed E-state index contributed by atoms with van der Waals surface area (Å²) < 4.78 is 34.4. The van der Waals surface area contributed by atoms with E-state index < -0.39 is 15.5 Å². The Hall–Kier alpha value is -0.211. The fourth-order valence-corrected chi connectivity index (χ4v) is 4.50. The third-order valence-corrected chi connectivity index (χ3v) is 5.16. The third-order valence-electron chi connectivity index (χ3n) is 1.94. The van der Waals surface area contributed by atoms with E-state index in [1.165, 1.54) is 19.1 Å². The predicted octanol–water partition coefficient (Wildman–Crippen LogP) is 1.38. The number of halogens is 2. The van der Waals surface area contributed by atoms with Crippen LogP contribution in [-0.2, 0) is 10.0 Å². The monoisotopic (exact) mass is 418 g/mol. The van der Waals surface area contributed by atoms with E-state index in [2.05, 4.69) is 12.7 Å². The molecule has 0 amide bonds. The molecule has 1 atom stereocenters. The average molecular weight is 418 g/mol. The Bertz CT molecular complexity index is 701. The molecule has 1 N–H and O–H groups in total. The minimum absolute atomic E-state index is 0.0625. The van der Waals surface area contributed by atoms with E-state index in [-0.39, 0.29) is 19.9 Å². The van der Waals surface area contributed by atoms with E-state index in [9.17, 15) is 8.42 Å². The van der Waals surface area contributed by atoms with Gasteiger partial charge in [0.05, 0.1) is 0 Å². The van der Waals surface area contributed by atoms with Gasteiger partial charge in [0.15, 0.2) is 0 Å². The van der Waals surface area contributed by atoms with Gasteiger partial charge in [-0.2, -0.15) is 0 Å². The van der Waals surface area contributed by atoms with Crippen LogP contribution in [-0.4, -0.2) is 62.9 Å². The molecule has 0 aliphatic rings. The topological polar surface area (TPSA) is 75.2 Å². The number of aromatic nitrogens is 2. The van der Waals surface area contributed by atoms with Crippen molar-refractivity contribution in [2.45, 2.75) is 17.3 Å². The van der Waals surface area contributed by atoms with Crippen LogP contribution in [0.1, 0.15) is 6.92 Å². The maximum absolute atomic E-state index is 12.0. The number of fused-ring (bicyclic) bond motifs is 1. The Kier molecular flexibility index (Phi) is 7.06. The fraction of sp³-hybridized carbons (Fsp3) is 0.455. The Morgan fingerprint density at radius 2 is 1.76 bits per heavy atom. The summed E-state index contributed by atoms with van der Waals surface area (Å²) in [5.74, 6) is 0. The summed E-state index contributed by atoms with van der Waals surface area (Å²) in [6.45, 7) is 1.53. The summed E-state index contributed by atoms with van der Waals surface area (Å²) in [7, 11) is 2.31. The summed E-state index contributed by atoms with van der Waals surface area (Å²) in [5, 5.41) is 0.404. The van der Waals surface area contributed by atoms with Crippen molar-refractivity contribution < 1.29 is 8.42 Å². The summed E-state index contributed by atoms with van der Waals surface area (Å²) in [4.78, 5) is 2.06. The molecule has 0 saturated carbocycles. The minimum atomic E-state index is -3.69. The second kappa shape index (κ2) is 7.87. The number of alkyl halides is 1. The smallest absolute Gasteiger partial charge is 0.0140 e. The van der Waals surface area contributed by atoms with Crippen LogP contribution in [0.15, 0.2) is 17.0 Å². The number of nitrogens with zero attached hydrogens (tertiary/aromatic N) is 3. The van der Waals surface area contributed by atoms with Crippen molar-refractivity contribution >= 4 is 59.2 Å². The van der Waals surface area contributed by atoms with Gasteiger partial charge in [0.2, 0.25) is 0 Å². The quantitative estimate of drug-likeness (QED) is 0.463. The van der Waals surface area contributed by atoms with E-state index >= 15 is 0 Å². The molecule has 0 aliphatic carbocycles. The molecule has 1 aromatic heterocycles. The SMILES string of the molecule is CC(Cl)NS(=O)(=O)c1ccc(Cl)c2n[se]nc12.CN(C)C. The van der Waals surface area contributed by atoms with Crippen LogP contribution < -0.4 is 4.72 Å². The number of hydrogen-bond acceptors (Lipinski definition) is 5. The maximum Gasteiger partial charge on any atom is -0.0140 e. The van der Waals surface area contributed by atoms with Crippen LogP contribution in [0.3, 0.4) is 0 Å². The molecule has 2 rings (SSSR count). The Morgan fingerprint density at radius 1 is 1.24 bits per heavy atom. The van der Waals surface area contributed by atoms with Gasteiger partial charge in [-0.25, -0.2) is 0 Å². The first-order valence-electron chi connectivity index (χ1n) is 5.83. The first-order valence-corrected chi connectivity index (χ1v) is 9.66. The molecular formula is C11H16Cl2N4O2SSe. The van der Waals surface area contributed by atoms with E-state index in [0.717, 1.165) is 0 Å².